The van der Waals surface area contributed by atoms with Crippen molar-refractivity contribution in [2.75, 3.05) is 55.8 Å². The van der Waals surface area contributed by atoms with E-state index in [2.05, 4.69) is 33.3 Å². The van der Waals surface area contributed by atoms with E-state index in [1.54, 1.807) is 18.2 Å². The monoisotopic (exact) mass is 365 g/mol. The van der Waals surface area contributed by atoms with Gasteiger partial charge in [0.25, 0.3) is 0 Å². The Balaban J connectivity index is 1.70. The first-order valence-electron chi connectivity index (χ1n) is 8.80. The number of nitriles is 1. The number of benzene rings is 2. The highest BCUT2D eigenvalue weighted by Gasteiger charge is 2.17. The smallest absolute Gasteiger partial charge is 0.337 e. The fourth-order valence-electron chi connectivity index (χ4n) is 3.12. The van der Waals surface area contributed by atoms with Gasteiger partial charge in [0.2, 0.25) is 0 Å². The van der Waals surface area contributed by atoms with Crippen LogP contribution in [-0.4, -0.2) is 50.7 Å². The first-order chi connectivity index (χ1) is 13.1. The Bertz CT molecular complexity index is 854. The van der Waals surface area contributed by atoms with Crippen molar-refractivity contribution in [1.29, 1.82) is 5.26 Å². The lowest BCUT2D eigenvalue weighted by atomic mass is 10.1. The van der Waals surface area contributed by atoms with Crippen LogP contribution in [0, 0.1) is 11.3 Å². The van der Waals surface area contributed by atoms with Crippen LogP contribution in [0.5, 0.6) is 0 Å². The van der Waals surface area contributed by atoms with Gasteiger partial charge in [-0.25, -0.2) is 4.79 Å². The highest BCUT2D eigenvalue weighted by Crippen LogP contribution is 2.27. The molecule has 1 heterocycles. The molecule has 0 radical (unpaired) electrons. The summed E-state index contributed by atoms with van der Waals surface area (Å²) in [6.07, 6.45) is 0. The lowest BCUT2D eigenvalue weighted by Gasteiger charge is -2.35. The van der Waals surface area contributed by atoms with Crippen molar-refractivity contribution < 1.29 is 9.53 Å². The molecule has 0 amide bonds. The van der Waals surface area contributed by atoms with Crippen LogP contribution in [0.2, 0.25) is 0 Å². The number of nitrogens with zero attached hydrogens (tertiary/aromatic N) is 3. The maximum Gasteiger partial charge on any atom is 0.337 e. The summed E-state index contributed by atoms with van der Waals surface area (Å²) < 4.78 is 4.71. The topological polar surface area (TPSA) is 94.6 Å². The van der Waals surface area contributed by atoms with Crippen LogP contribution in [0.3, 0.4) is 0 Å². The molecule has 3 N–H and O–H groups in total. The molecule has 7 heteroatoms. The molecule has 2 aromatic carbocycles. The quantitative estimate of drug-likeness (QED) is 0.477. The minimum atomic E-state index is -0.411. The van der Waals surface area contributed by atoms with Crippen molar-refractivity contribution in [3.05, 3.63) is 48.0 Å². The molecule has 7 nitrogen and oxygen atoms in total. The predicted octanol–water partition coefficient (Wildman–Crippen LogP) is 2.44. The number of nitrogen functional groups attached to an aromatic ring is 1. The Morgan fingerprint density at radius 1 is 1.22 bits per heavy atom. The molecule has 27 heavy (non-hydrogen) atoms. The number of ether oxygens (including phenoxy) is 1. The van der Waals surface area contributed by atoms with Crippen LogP contribution in [0.4, 0.5) is 22.7 Å². The van der Waals surface area contributed by atoms with Crippen molar-refractivity contribution in [2.45, 2.75) is 0 Å². The van der Waals surface area contributed by atoms with E-state index in [0.717, 1.165) is 43.2 Å². The fourth-order valence-corrected chi connectivity index (χ4v) is 3.12. The lowest BCUT2D eigenvalue weighted by Crippen LogP contribution is -2.46. The Labute approximate surface area is 158 Å². The normalized spacial score (nSPS) is 14.4. The number of piperazine rings is 1. The van der Waals surface area contributed by atoms with E-state index >= 15 is 0 Å². The summed E-state index contributed by atoms with van der Waals surface area (Å²) >= 11 is 0. The van der Waals surface area contributed by atoms with E-state index < -0.39 is 5.97 Å². The molecule has 0 unspecified atom stereocenters. The number of hydrogen-bond acceptors (Lipinski definition) is 7. The molecule has 0 spiro atoms. The number of carbonyl (C=O) groups is 1. The third-order valence-corrected chi connectivity index (χ3v) is 4.63. The molecule has 2 aromatic rings. The summed E-state index contributed by atoms with van der Waals surface area (Å²) in [4.78, 5) is 16.1. The molecule has 140 valence electrons. The molecular formula is C20H23N5O2. The van der Waals surface area contributed by atoms with Crippen LogP contribution in [0.1, 0.15) is 10.4 Å². The molecule has 1 saturated heterocycles. The average molecular weight is 365 g/mol. The third-order valence-electron chi connectivity index (χ3n) is 4.63. The van der Waals surface area contributed by atoms with Gasteiger partial charge in [-0.05, 0) is 36.4 Å². The summed E-state index contributed by atoms with van der Waals surface area (Å²) in [5.74, 6) is -0.411. The molecule has 1 fully saturated rings. The zero-order chi connectivity index (χ0) is 19.2. The van der Waals surface area contributed by atoms with E-state index in [1.165, 1.54) is 7.11 Å². The van der Waals surface area contributed by atoms with Gasteiger partial charge >= 0.3 is 5.97 Å². The first kappa shape index (κ1) is 18.5. The van der Waals surface area contributed by atoms with Gasteiger partial charge in [-0.15, -0.1) is 0 Å². The van der Waals surface area contributed by atoms with E-state index in [-0.39, 0.29) is 0 Å². The Morgan fingerprint density at radius 2 is 2.00 bits per heavy atom. The molecule has 1 aliphatic rings. The number of carbonyl (C=O) groups excluding carboxylic acids is 1. The fraction of sp³-hybridized carbons (Fsp3) is 0.300. The third kappa shape index (κ3) is 4.49. The summed E-state index contributed by atoms with van der Waals surface area (Å²) in [5, 5.41) is 12.1. The Morgan fingerprint density at radius 3 is 2.67 bits per heavy atom. The van der Waals surface area contributed by atoms with E-state index in [9.17, 15) is 4.79 Å². The number of esters is 1. The van der Waals surface area contributed by atoms with Gasteiger partial charge in [0.1, 0.15) is 0 Å². The first-order valence-corrected chi connectivity index (χ1v) is 8.80. The number of nitrogens with one attached hydrogen (secondary N) is 1. The van der Waals surface area contributed by atoms with Crippen molar-refractivity contribution in [3.63, 3.8) is 0 Å². The van der Waals surface area contributed by atoms with Crippen molar-refractivity contribution in [2.24, 2.45) is 0 Å². The summed E-state index contributed by atoms with van der Waals surface area (Å²) in [6.45, 7) is 4.03. The molecule has 1 aliphatic heterocycles. The molecule has 0 bridgehead atoms. The largest absolute Gasteiger partial charge is 0.465 e. The maximum absolute atomic E-state index is 11.6. The summed E-state index contributed by atoms with van der Waals surface area (Å²) in [7, 11) is 1.34. The van der Waals surface area contributed by atoms with Crippen molar-refractivity contribution >= 4 is 28.7 Å². The van der Waals surface area contributed by atoms with Gasteiger partial charge < -0.3 is 20.7 Å². The molecule has 3 rings (SSSR count). The minimum Gasteiger partial charge on any atom is -0.465 e. The van der Waals surface area contributed by atoms with Gasteiger partial charge in [-0.2, -0.15) is 5.26 Å². The maximum atomic E-state index is 11.6. The predicted molar refractivity (Wildman–Crippen MR) is 106 cm³/mol. The highest BCUT2D eigenvalue weighted by atomic mass is 16.5. The standard InChI is InChI=1S/C20H23N5O2/c1-27-20(26)15-5-6-19(18(22)13-15)23-16-3-2-4-17(14-16)25-11-9-24(8-7-21)10-12-25/h2-6,13-14,23H,8-12,22H2,1H3. The second-order valence-corrected chi connectivity index (χ2v) is 6.39. The zero-order valence-corrected chi connectivity index (χ0v) is 15.3. The van der Waals surface area contributed by atoms with Crippen molar-refractivity contribution in [3.8, 4) is 6.07 Å². The highest BCUT2D eigenvalue weighted by molar-refractivity contribution is 5.92. The minimum absolute atomic E-state index is 0.411. The van der Waals surface area contributed by atoms with Crippen LogP contribution in [0.25, 0.3) is 0 Å². The van der Waals surface area contributed by atoms with Gasteiger partial charge in [0.15, 0.2) is 0 Å². The molecule has 0 aromatic heterocycles. The Kier molecular flexibility index (Phi) is 5.79. The molecular weight excluding hydrogens is 342 g/mol. The van der Waals surface area contributed by atoms with Crippen LogP contribution in [-0.2, 0) is 4.74 Å². The Hall–Kier alpha value is -3.24. The molecule has 0 atom stereocenters. The van der Waals surface area contributed by atoms with E-state index in [1.807, 2.05) is 12.1 Å². The van der Waals surface area contributed by atoms with Gasteiger partial charge in [-0.3, -0.25) is 4.90 Å². The number of rotatable bonds is 5. The van der Waals surface area contributed by atoms with Crippen LogP contribution in [0.15, 0.2) is 42.5 Å². The van der Waals surface area contributed by atoms with Crippen molar-refractivity contribution in [1.82, 2.24) is 4.90 Å². The number of anilines is 4. The van der Waals surface area contributed by atoms with E-state index in [4.69, 9.17) is 15.7 Å². The van der Waals surface area contributed by atoms with Gasteiger partial charge in [0, 0.05) is 37.6 Å². The van der Waals surface area contributed by atoms with Gasteiger partial charge in [-0.1, -0.05) is 6.07 Å². The SMILES string of the molecule is COC(=O)c1ccc(Nc2cccc(N3CCN(CC#N)CC3)c2)c(N)c1. The second kappa shape index (κ2) is 8.43. The van der Waals surface area contributed by atoms with Crippen LogP contribution >= 0.6 is 0 Å². The summed E-state index contributed by atoms with van der Waals surface area (Å²) in [5.41, 5.74) is 9.76. The van der Waals surface area contributed by atoms with Gasteiger partial charge in [0.05, 0.1) is 36.7 Å². The van der Waals surface area contributed by atoms with E-state index in [0.29, 0.717) is 17.8 Å². The molecule has 0 aliphatic carbocycles. The summed E-state index contributed by atoms with van der Waals surface area (Å²) in [6, 6.07) is 15.4. The number of nitrogens with two attached hydrogens (primary N) is 1. The lowest BCUT2D eigenvalue weighted by molar-refractivity contribution is 0.0601. The average Bonchev–Trinajstić information content (AvgIpc) is 2.70. The number of methoxy groups -OCH3 is 1. The molecule has 0 saturated carbocycles. The zero-order valence-electron chi connectivity index (χ0n) is 15.3. The number of hydrogen-bond donors (Lipinski definition) is 2. The van der Waals surface area contributed by atoms with Crippen LogP contribution < -0.4 is 16.0 Å². The second-order valence-electron chi connectivity index (χ2n) is 6.39.